The van der Waals surface area contributed by atoms with E-state index in [0.29, 0.717) is 21.6 Å². The van der Waals surface area contributed by atoms with Gasteiger partial charge in [0.2, 0.25) is 5.91 Å². The molecule has 0 atom stereocenters. The van der Waals surface area contributed by atoms with Crippen molar-refractivity contribution in [2.75, 3.05) is 11.1 Å². The van der Waals surface area contributed by atoms with Crippen LogP contribution in [0.15, 0.2) is 41.4 Å². The standard InChI is InChI=1S/C14H12Cl2N2OS/c1-9-2-4-11(5-3-9)20-8-13(19)18-14-12(16)6-10(15)7-17-14/h2-7H,8H2,1H3,(H,17,18,19). The molecular weight excluding hydrogens is 315 g/mol. The fourth-order valence-corrected chi connectivity index (χ4v) is 2.58. The lowest BCUT2D eigenvalue weighted by Crippen LogP contribution is -2.15. The van der Waals surface area contributed by atoms with Gasteiger partial charge in [0.15, 0.2) is 5.82 Å². The Kier molecular flexibility index (Phi) is 5.29. The van der Waals surface area contributed by atoms with Gasteiger partial charge in [0.1, 0.15) is 0 Å². The van der Waals surface area contributed by atoms with Crippen LogP contribution in [0, 0.1) is 6.92 Å². The highest BCUT2D eigenvalue weighted by Gasteiger charge is 2.08. The Morgan fingerprint density at radius 1 is 1.30 bits per heavy atom. The molecule has 3 nitrogen and oxygen atoms in total. The van der Waals surface area contributed by atoms with Crippen LogP contribution in [0.2, 0.25) is 10.0 Å². The Hall–Kier alpha value is -1.23. The molecule has 104 valence electrons. The zero-order chi connectivity index (χ0) is 14.5. The Morgan fingerprint density at radius 2 is 2.00 bits per heavy atom. The molecule has 0 spiro atoms. The van der Waals surface area contributed by atoms with Crippen LogP contribution in [0.1, 0.15) is 5.56 Å². The van der Waals surface area contributed by atoms with E-state index >= 15 is 0 Å². The number of nitrogens with one attached hydrogen (secondary N) is 1. The lowest BCUT2D eigenvalue weighted by molar-refractivity contribution is -0.113. The topological polar surface area (TPSA) is 42.0 Å². The van der Waals surface area contributed by atoms with Crippen LogP contribution < -0.4 is 5.32 Å². The maximum absolute atomic E-state index is 11.8. The van der Waals surface area contributed by atoms with Gasteiger partial charge in [0, 0.05) is 11.1 Å². The van der Waals surface area contributed by atoms with Gasteiger partial charge < -0.3 is 5.32 Å². The number of pyridine rings is 1. The second kappa shape index (κ2) is 6.97. The number of halogens is 2. The van der Waals surface area contributed by atoms with Gasteiger partial charge in [-0.05, 0) is 25.1 Å². The summed E-state index contributed by atoms with van der Waals surface area (Å²) in [5, 5.41) is 3.42. The minimum absolute atomic E-state index is 0.160. The summed E-state index contributed by atoms with van der Waals surface area (Å²) in [7, 11) is 0. The molecule has 1 aromatic carbocycles. The summed E-state index contributed by atoms with van der Waals surface area (Å²) in [6, 6.07) is 9.54. The number of aromatic nitrogens is 1. The average Bonchev–Trinajstić information content (AvgIpc) is 2.41. The number of hydrogen-bond donors (Lipinski definition) is 1. The number of thioether (sulfide) groups is 1. The number of carbonyl (C=O) groups excluding carboxylic acids is 1. The van der Waals surface area contributed by atoms with Crippen molar-refractivity contribution in [2.45, 2.75) is 11.8 Å². The third-order valence-electron chi connectivity index (χ3n) is 2.46. The van der Waals surface area contributed by atoms with Crippen LogP contribution in [0.4, 0.5) is 5.82 Å². The lowest BCUT2D eigenvalue weighted by atomic mass is 10.2. The average molecular weight is 327 g/mol. The van der Waals surface area contributed by atoms with E-state index < -0.39 is 0 Å². The van der Waals surface area contributed by atoms with E-state index in [1.807, 2.05) is 31.2 Å². The minimum Gasteiger partial charge on any atom is -0.309 e. The summed E-state index contributed by atoms with van der Waals surface area (Å²) in [6.45, 7) is 2.02. The molecule has 1 N–H and O–H groups in total. The number of carbonyl (C=O) groups is 1. The Bertz CT molecular complexity index is 617. The molecule has 20 heavy (non-hydrogen) atoms. The molecule has 0 saturated heterocycles. The van der Waals surface area contributed by atoms with E-state index in [-0.39, 0.29) is 5.91 Å². The number of aryl methyl sites for hydroxylation is 1. The zero-order valence-electron chi connectivity index (χ0n) is 10.7. The number of amides is 1. The zero-order valence-corrected chi connectivity index (χ0v) is 13.0. The maximum atomic E-state index is 11.8. The van der Waals surface area contributed by atoms with Gasteiger partial charge in [0.05, 0.1) is 15.8 Å². The van der Waals surface area contributed by atoms with Crippen molar-refractivity contribution >= 4 is 46.7 Å². The van der Waals surface area contributed by atoms with Crippen molar-refractivity contribution in [1.29, 1.82) is 0 Å². The van der Waals surface area contributed by atoms with Crippen LogP contribution in [-0.4, -0.2) is 16.6 Å². The van der Waals surface area contributed by atoms with Crippen LogP contribution in [-0.2, 0) is 4.79 Å². The minimum atomic E-state index is -0.160. The van der Waals surface area contributed by atoms with Crippen molar-refractivity contribution in [3.63, 3.8) is 0 Å². The molecule has 2 aromatic rings. The summed E-state index contributed by atoms with van der Waals surface area (Å²) < 4.78 is 0. The van der Waals surface area contributed by atoms with E-state index in [9.17, 15) is 4.79 Å². The second-order valence-corrected chi connectivity index (χ2v) is 6.03. The predicted octanol–water partition coefficient (Wildman–Crippen LogP) is 4.43. The Morgan fingerprint density at radius 3 is 2.65 bits per heavy atom. The molecular formula is C14H12Cl2N2OS. The van der Waals surface area contributed by atoms with Crippen LogP contribution in [0.3, 0.4) is 0 Å². The van der Waals surface area contributed by atoms with Gasteiger partial charge in [-0.3, -0.25) is 4.79 Å². The summed E-state index contributed by atoms with van der Waals surface area (Å²) in [5.41, 5.74) is 1.19. The predicted molar refractivity (Wildman–Crippen MR) is 84.8 cm³/mol. The smallest absolute Gasteiger partial charge is 0.235 e. The van der Waals surface area contributed by atoms with Crippen LogP contribution in [0.5, 0.6) is 0 Å². The number of anilines is 1. The molecule has 1 amide bonds. The summed E-state index contributed by atoms with van der Waals surface area (Å²) in [4.78, 5) is 16.8. The number of hydrogen-bond acceptors (Lipinski definition) is 3. The molecule has 0 fully saturated rings. The molecule has 1 heterocycles. The van der Waals surface area contributed by atoms with E-state index in [4.69, 9.17) is 23.2 Å². The van der Waals surface area contributed by atoms with Crippen molar-refractivity contribution in [1.82, 2.24) is 4.98 Å². The Labute approximate surface area is 131 Å². The first kappa shape index (κ1) is 15.2. The van der Waals surface area contributed by atoms with E-state index in [0.717, 1.165) is 4.90 Å². The Balaban J connectivity index is 1.90. The second-order valence-electron chi connectivity index (χ2n) is 4.13. The van der Waals surface area contributed by atoms with E-state index in [2.05, 4.69) is 10.3 Å². The highest BCUT2D eigenvalue weighted by molar-refractivity contribution is 8.00. The number of nitrogens with zero attached hydrogens (tertiary/aromatic N) is 1. The summed E-state index contributed by atoms with van der Waals surface area (Å²) >= 11 is 13.1. The van der Waals surface area contributed by atoms with Gasteiger partial charge in [0.25, 0.3) is 0 Å². The highest BCUT2D eigenvalue weighted by atomic mass is 35.5. The van der Waals surface area contributed by atoms with Gasteiger partial charge in [-0.1, -0.05) is 40.9 Å². The first-order chi connectivity index (χ1) is 9.54. The fourth-order valence-electron chi connectivity index (χ4n) is 1.46. The molecule has 6 heteroatoms. The van der Waals surface area contributed by atoms with Crippen molar-refractivity contribution in [3.05, 3.63) is 52.1 Å². The third kappa shape index (κ3) is 4.40. The van der Waals surface area contributed by atoms with Gasteiger partial charge in [-0.15, -0.1) is 11.8 Å². The van der Waals surface area contributed by atoms with Crippen LogP contribution >= 0.6 is 35.0 Å². The first-order valence-electron chi connectivity index (χ1n) is 5.85. The molecule has 2 rings (SSSR count). The molecule has 0 aliphatic carbocycles. The summed E-state index contributed by atoms with van der Waals surface area (Å²) in [6.07, 6.45) is 1.44. The highest BCUT2D eigenvalue weighted by Crippen LogP contribution is 2.23. The van der Waals surface area contributed by atoms with Crippen molar-refractivity contribution in [2.24, 2.45) is 0 Å². The largest absolute Gasteiger partial charge is 0.309 e. The van der Waals surface area contributed by atoms with Gasteiger partial charge >= 0.3 is 0 Å². The molecule has 0 bridgehead atoms. The molecule has 0 saturated carbocycles. The van der Waals surface area contributed by atoms with Crippen LogP contribution in [0.25, 0.3) is 0 Å². The first-order valence-corrected chi connectivity index (χ1v) is 7.59. The molecule has 1 aromatic heterocycles. The number of benzene rings is 1. The van der Waals surface area contributed by atoms with E-state index in [1.165, 1.54) is 23.5 Å². The van der Waals surface area contributed by atoms with Crippen molar-refractivity contribution in [3.8, 4) is 0 Å². The third-order valence-corrected chi connectivity index (χ3v) is 3.96. The quantitative estimate of drug-likeness (QED) is 0.845. The van der Waals surface area contributed by atoms with E-state index in [1.54, 1.807) is 6.07 Å². The number of rotatable bonds is 4. The maximum Gasteiger partial charge on any atom is 0.235 e. The van der Waals surface area contributed by atoms with Gasteiger partial charge in [-0.2, -0.15) is 0 Å². The monoisotopic (exact) mass is 326 g/mol. The molecule has 0 radical (unpaired) electrons. The van der Waals surface area contributed by atoms with Crippen molar-refractivity contribution < 1.29 is 4.79 Å². The lowest BCUT2D eigenvalue weighted by Gasteiger charge is -2.06. The molecule has 0 unspecified atom stereocenters. The SMILES string of the molecule is Cc1ccc(SCC(=O)Nc2ncc(Cl)cc2Cl)cc1. The summed E-state index contributed by atoms with van der Waals surface area (Å²) in [5.74, 6) is 0.460. The normalized spacial score (nSPS) is 10.3. The molecule has 0 aliphatic rings. The fraction of sp³-hybridized carbons (Fsp3) is 0.143. The molecule has 0 aliphatic heterocycles. The van der Waals surface area contributed by atoms with Gasteiger partial charge in [-0.25, -0.2) is 4.98 Å².